The molecule has 9 nitrogen and oxygen atoms in total. The molecule has 0 aromatic carbocycles. The Labute approximate surface area is 90.1 Å². The van der Waals surface area contributed by atoms with Crippen molar-refractivity contribution in [1.29, 1.82) is 0 Å². The summed E-state index contributed by atoms with van der Waals surface area (Å²) in [5.41, 5.74) is 0. The van der Waals surface area contributed by atoms with Crippen molar-refractivity contribution in [3.63, 3.8) is 0 Å². The minimum Gasteiger partial charge on any atom is -0.790 e. The molecule has 4 atom stereocenters. The fourth-order valence-electron chi connectivity index (χ4n) is 1.43. The number of phosphoric ester groups is 1. The number of aliphatic hydroxyl groups is 4. The number of ether oxygens (including phenoxy) is 1. The molecule has 1 heterocycles. The van der Waals surface area contributed by atoms with Crippen LogP contribution in [-0.4, -0.2) is 57.7 Å². The number of hydrogen-bond donors (Lipinski definition) is 4. The maximum Gasteiger partial charge on any atom is 0.225 e. The van der Waals surface area contributed by atoms with E-state index >= 15 is 0 Å². The van der Waals surface area contributed by atoms with E-state index in [-0.39, 0.29) is 0 Å². The molecule has 1 fully saturated rings. The van der Waals surface area contributed by atoms with Gasteiger partial charge in [-0.05, 0) is 0 Å². The number of phosphoric acid groups is 1. The van der Waals surface area contributed by atoms with Gasteiger partial charge >= 0.3 is 0 Å². The molecule has 1 unspecified atom stereocenters. The third-order valence-electron chi connectivity index (χ3n) is 2.17. The molecule has 0 bridgehead atoms. The van der Waals surface area contributed by atoms with Gasteiger partial charge in [0.1, 0.15) is 24.9 Å². The molecule has 0 aromatic heterocycles. The largest absolute Gasteiger partial charge is 0.790 e. The van der Waals surface area contributed by atoms with Crippen molar-refractivity contribution >= 4 is 7.82 Å². The normalized spacial score (nSPS) is 40.2. The van der Waals surface area contributed by atoms with E-state index in [1.807, 2.05) is 0 Å². The summed E-state index contributed by atoms with van der Waals surface area (Å²) in [4.78, 5) is 20.8. The first-order chi connectivity index (χ1) is 7.25. The second-order valence-electron chi connectivity index (χ2n) is 3.28. The summed E-state index contributed by atoms with van der Waals surface area (Å²) < 4.78 is 19.0. The van der Waals surface area contributed by atoms with Crippen LogP contribution < -0.4 is 9.79 Å². The zero-order valence-corrected chi connectivity index (χ0v) is 8.82. The van der Waals surface area contributed by atoms with Gasteiger partial charge in [-0.3, -0.25) is 0 Å². The van der Waals surface area contributed by atoms with Crippen molar-refractivity contribution in [3.05, 3.63) is 0 Å². The first kappa shape index (κ1) is 14.0. The van der Waals surface area contributed by atoms with Crippen molar-refractivity contribution in [3.8, 4) is 0 Å². The Hall–Kier alpha value is -0.0900. The minimum atomic E-state index is -5.54. The average molecular weight is 258 g/mol. The standard InChI is InChI=1S/C6H13O9P/c7-1-3-4(9)5(10)6(2-8,14-3)15-16(11,12)13/h3-5,7-10H,1-2H2,(H2,11,12,13)/p-2/t3-,4-,5+,6?/m1/s1. The lowest BCUT2D eigenvalue weighted by atomic mass is 10.1. The molecule has 10 heteroatoms. The van der Waals surface area contributed by atoms with Gasteiger partial charge in [0, 0.05) is 0 Å². The minimum absolute atomic E-state index is 0.745. The Morgan fingerprint density at radius 1 is 1.38 bits per heavy atom. The second kappa shape index (κ2) is 4.65. The lowest BCUT2D eigenvalue weighted by Gasteiger charge is -2.39. The lowest BCUT2D eigenvalue weighted by Crippen LogP contribution is -2.49. The summed E-state index contributed by atoms with van der Waals surface area (Å²) in [6, 6.07) is 0. The summed E-state index contributed by atoms with van der Waals surface area (Å²) in [7, 11) is -5.54. The molecule has 96 valence electrons. The highest BCUT2D eigenvalue weighted by molar-refractivity contribution is 7.43. The molecule has 1 saturated heterocycles. The van der Waals surface area contributed by atoms with Gasteiger partial charge in [0.25, 0.3) is 0 Å². The molecule has 0 aliphatic carbocycles. The predicted octanol–water partition coefficient (Wildman–Crippen LogP) is -4.37. The highest BCUT2D eigenvalue weighted by atomic mass is 31.2. The summed E-state index contributed by atoms with van der Waals surface area (Å²) in [5, 5.41) is 36.3. The zero-order chi connectivity index (χ0) is 12.6. The van der Waals surface area contributed by atoms with Crippen LogP contribution in [0.4, 0.5) is 0 Å². The Bertz CT molecular complexity index is 290. The van der Waals surface area contributed by atoms with E-state index in [0.717, 1.165) is 0 Å². The van der Waals surface area contributed by atoms with Crippen LogP contribution in [0.1, 0.15) is 0 Å². The van der Waals surface area contributed by atoms with Gasteiger partial charge < -0.3 is 44.0 Å². The fourth-order valence-corrected chi connectivity index (χ4v) is 2.02. The van der Waals surface area contributed by atoms with E-state index in [2.05, 4.69) is 9.26 Å². The summed E-state index contributed by atoms with van der Waals surface area (Å²) >= 11 is 0. The van der Waals surface area contributed by atoms with Crippen LogP contribution in [0, 0.1) is 0 Å². The van der Waals surface area contributed by atoms with Crippen LogP contribution >= 0.6 is 7.82 Å². The van der Waals surface area contributed by atoms with Gasteiger partial charge in [-0.1, -0.05) is 0 Å². The average Bonchev–Trinajstić information content (AvgIpc) is 2.41. The first-order valence-corrected chi connectivity index (χ1v) is 5.70. The molecular weight excluding hydrogens is 247 g/mol. The smallest absolute Gasteiger partial charge is 0.225 e. The zero-order valence-electron chi connectivity index (χ0n) is 7.92. The maximum atomic E-state index is 10.4. The quantitative estimate of drug-likeness (QED) is 0.365. The molecular formula is C6H11O9P-2. The summed E-state index contributed by atoms with van der Waals surface area (Å²) in [6.07, 6.45) is -5.00. The van der Waals surface area contributed by atoms with Crippen LogP contribution in [0.15, 0.2) is 0 Å². The first-order valence-electron chi connectivity index (χ1n) is 4.24. The van der Waals surface area contributed by atoms with E-state index < -0.39 is 45.1 Å². The van der Waals surface area contributed by atoms with Crippen molar-refractivity contribution < 1.29 is 44.0 Å². The summed E-state index contributed by atoms with van der Waals surface area (Å²) in [5.74, 6) is -2.56. The topological polar surface area (TPSA) is 163 Å². The van der Waals surface area contributed by atoms with Crippen LogP contribution in [0.2, 0.25) is 0 Å². The van der Waals surface area contributed by atoms with Crippen molar-refractivity contribution in [2.45, 2.75) is 24.1 Å². The Balaban J connectivity index is 2.93. The fraction of sp³-hybridized carbons (Fsp3) is 1.00. The van der Waals surface area contributed by atoms with Crippen LogP contribution in [0.3, 0.4) is 0 Å². The van der Waals surface area contributed by atoms with Gasteiger partial charge in [-0.2, -0.15) is 0 Å². The SMILES string of the molecule is O=P([O-])([O-])OC1(CO)O[C@H](CO)[C@@H](O)[C@@H]1O. The predicted molar refractivity (Wildman–Crippen MR) is 42.5 cm³/mol. The van der Waals surface area contributed by atoms with Crippen molar-refractivity contribution in [2.75, 3.05) is 13.2 Å². The van der Waals surface area contributed by atoms with Crippen LogP contribution in [-0.2, 0) is 13.8 Å². The molecule has 1 rings (SSSR count). The van der Waals surface area contributed by atoms with Gasteiger partial charge in [-0.25, -0.2) is 0 Å². The van der Waals surface area contributed by atoms with Gasteiger partial charge in [0.15, 0.2) is 0 Å². The highest BCUT2D eigenvalue weighted by Crippen LogP contribution is 2.41. The molecule has 0 radical (unpaired) electrons. The van der Waals surface area contributed by atoms with Crippen LogP contribution in [0.25, 0.3) is 0 Å². The van der Waals surface area contributed by atoms with E-state index in [1.165, 1.54) is 0 Å². The highest BCUT2D eigenvalue weighted by Gasteiger charge is 2.55. The molecule has 0 spiro atoms. The Kier molecular flexibility index (Phi) is 4.06. The molecule has 16 heavy (non-hydrogen) atoms. The molecule has 4 N–H and O–H groups in total. The molecule has 0 aromatic rings. The molecule has 1 aliphatic rings. The summed E-state index contributed by atoms with van der Waals surface area (Å²) in [6.45, 7) is -1.92. The molecule has 1 aliphatic heterocycles. The van der Waals surface area contributed by atoms with E-state index in [0.29, 0.717) is 0 Å². The number of rotatable bonds is 4. The molecule has 0 saturated carbocycles. The van der Waals surface area contributed by atoms with Gasteiger partial charge in [0.2, 0.25) is 5.79 Å². The molecule has 0 amide bonds. The van der Waals surface area contributed by atoms with E-state index in [4.69, 9.17) is 10.2 Å². The Morgan fingerprint density at radius 2 is 1.94 bits per heavy atom. The van der Waals surface area contributed by atoms with E-state index in [9.17, 15) is 24.6 Å². The second-order valence-corrected chi connectivity index (χ2v) is 4.36. The Morgan fingerprint density at radius 3 is 2.25 bits per heavy atom. The van der Waals surface area contributed by atoms with Crippen molar-refractivity contribution in [2.24, 2.45) is 0 Å². The van der Waals surface area contributed by atoms with E-state index in [1.54, 1.807) is 0 Å². The third-order valence-corrected chi connectivity index (χ3v) is 2.71. The van der Waals surface area contributed by atoms with Crippen molar-refractivity contribution in [1.82, 2.24) is 0 Å². The lowest BCUT2D eigenvalue weighted by molar-refractivity contribution is -0.371. The monoisotopic (exact) mass is 258 g/mol. The number of aliphatic hydroxyl groups excluding tert-OH is 4. The maximum absolute atomic E-state index is 10.4. The van der Waals surface area contributed by atoms with Gasteiger partial charge in [0.05, 0.1) is 14.4 Å². The third kappa shape index (κ3) is 2.59. The number of hydrogen-bond acceptors (Lipinski definition) is 9. The van der Waals surface area contributed by atoms with Gasteiger partial charge in [-0.15, -0.1) is 0 Å². The van der Waals surface area contributed by atoms with Crippen LogP contribution in [0.5, 0.6) is 0 Å².